The van der Waals surface area contributed by atoms with E-state index < -0.39 is 0 Å². The van der Waals surface area contributed by atoms with E-state index in [1.165, 1.54) is 5.56 Å². The minimum atomic E-state index is 1.12. The summed E-state index contributed by atoms with van der Waals surface area (Å²) in [6.07, 6.45) is 0. The van der Waals surface area contributed by atoms with Crippen molar-refractivity contribution in [3.05, 3.63) is 42.5 Å². The predicted molar refractivity (Wildman–Crippen MR) is 44.0 cm³/mol. The normalized spacial score (nSPS) is 8.89. The third kappa shape index (κ3) is 1.46. The van der Waals surface area contributed by atoms with Crippen molar-refractivity contribution < 1.29 is 0 Å². The van der Waals surface area contributed by atoms with Crippen LogP contribution in [0.4, 0.5) is 0 Å². The zero-order chi connectivity index (χ0) is 6.69. The Bertz CT molecular complexity index is 201. The van der Waals surface area contributed by atoms with Crippen LogP contribution in [0.3, 0.4) is 0 Å². The van der Waals surface area contributed by atoms with Crippen molar-refractivity contribution >= 4 is 13.3 Å². The number of rotatable bonds is 1. The van der Waals surface area contributed by atoms with Crippen LogP contribution in [0.2, 0.25) is 0 Å². The standard InChI is InChI=1S/C8H9B/c1-7(9)8-5-3-2-4-6-8/h2-6H,1,9H2. The molecule has 0 aliphatic carbocycles. The third-order valence-electron chi connectivity index (χ3n) is 1.27. The Morgan fingerprint density at radius 1 is 1.22 bits per heavy atom. The minimum absolute atomic E-state index is 1.12. The molecule has 0 fully saturated rings. The monoisotopic (exact) mass is 116 g/mol. The molecule has 0 unspecified atom stereocenters. The molecule has 0 saturated carbocycles. The van der Waals surface area contributed by atoms with Gasteiger partial charge in [-0.25, -0.2) is 0 Å². The first-order valence-corrected chi connectivity index (χ1v) is 3.01. The zero-order valence-electron chi connectivity index (χ0n) is 5.59. The van der Waals surface area contributed by atoms with Crippen molar-refractivity contribution in [2.45, 2.75) is 0 Å². The molecular weight excluding hydrogens is 107 g/mol. The lowest BCUT2D eigenvalue weighted by molar-refractivity contribution is 1.66. The number of benzene rings is 1. The summed E-state index contributed by atoms with van der Waals surface area (Å²) in [5.74, 6) is 0. The fraction of sp³-hybridized carbons (Fsp3) is 0. The second-order valence-corrected chi connectivity index (χ2v) is 2.15. The molecule has 44 valence electrons. The molecular formula is C8H9B. The van der Waals surface area contributed by atoms with E-state index in [2.05, 4.69) is 18.7 Å². The summed E-state index contributed by atoms with van der Waals surface area (Å²) >= 11 is 0. The molecule has 0 spiro atoms. The zero-order valence-corrected chi connectivity index (χ0v) is 5.59. The van der Waals surface area contributed by atoms with E-state index in [1.807, 2.05) is 26.0 Å². The molecule has 0 aliphatic rings. The smallest absolute Gasteiger partial charge is 0.105 e. The van der Waals surface area contributed by atoms with Crippen LogP contribution in [0.15, 0.2) is 36.9 Å². The predicted octanol–water partition coefficient (Wildman–Crippen LogP) is 1.29. The fourth-order valence-electron chi connectivity index (χ4n) is 0.723. The molecule has 0 amide bonds. The van der Waals surface area contributed by atoms with Crippen LogP contribution in [0.25, 0.3) is 5.47 Å². The Balaban J connectivity index is 2.98. The van der Waals surface area contributed by atoms with E-state index >= 15 is 0 Å². The van der Waals surface area contributed by atoms with Gasteiger partial charge in [0.15, 0.2) is 0 Å². The third-order valence-corrected chi connectivity index (χ3v) is 1.27. The van der Waals surface area contributed by atoms with E-state index in [-0.39, 0.29) is 0 Å². The second kappa shape index (κ2) is 2.54. The maximum Gasteiger partial charge on any atom is 0.139 e. The molecule has 0 aliphatic heterocycles. The maximum atomic E-state index is 3.83. The van der Waals surface area contributed by atoms with Crippen molar-refractivity contribution in [2.24, 2.45) is 0 Å². The van der Waals surface area contributed by atoms with Gasteiger partial charge >= 0.3 is 0 Å². The van der Waals surface area contributed by atoms with E-state index in [1.54, 1.807) is 0 Å². The summed E-state index contributed by atoms with van der Waals surface area (Å²) in [7, 11) is 2.01. The summed E-state index contributed by atoms with van der Waals surface area (Å²) in [5.41, 5.74) is 2.34. The van der Waals surface area contributed by atoms with Crippen molar-refractivity contribution in [3.63, 3.8) is 0 Å². The first-order chi connectivity index (χ1) is 4.30. The Morgan fingerprint density at radius 3 is 2.11 bits per heavy atom. The topological polar surface area (TPSA) is 0 Å². The molecule has 9 heavy (non-hydrogen) atoms. The average molecular weight is 116 g/mol. The van der Waals surface area contributed by atoms with Gasteiger partial charge in [0.2, 0.25) is 0 Å². The van der Waals surface area contributed by atoms with Crippen molar-refractivity contribution in [2.75, 3.05) is 0 Å². The van der Waals surface area contributed by atoms with E-state index in [0.717, 1.165) is 5.47 Å². The number of hydrogen-bond donors (Lipinski definition) is 0. The molecule has 1 aromatic rings. The van der Waals surface area contributed by atoms with Gasteiger partial charge in [-0.3, -0.25) is 0 Å². The molecule has 0 aromatic heterocycles. The minimum Gasteiger partial charge on any atom is -0.105 e. The maximum absolute atomic E-state index is 3.83. The lowest BCUT2D eigenvalue weighted by atomic mass is 9.90. The highest BCUT2D eigenvalue weighted by atomic mass is 13.9. The summed E-state index contributed by atoms with van der Waals surface area (Å²) in [5, 5.41) is 0. The summed E-state index contributed by atoms with van der Waals surface area (Å²) in [4.78, 5) is 0. The Morgan fingerprint density at radius 2 is 1.78 bits per heavy atom. The lowest BCUT2D eigenvalue weighted by Gasteiger charge is -1.94. The molecule has 1 rings (SSSR count). The largest absolute Gasteiger partial charge is 0.139 e. The van der Waals surface area contributed by atoms with Crippen LogP contribution in [0, 0.1) is 0 Å². The van der Waals surface area contributed by atoms with E-state index in [9.17, 15) is 0 Å². The van der Waals surface area contributed by atoms with Crippen molar-refractivity contribution in [1.82, 2.24) is 0 Å². The Hall–Kier alpha value is -0.975. The molecule has 0 atom stereocenters. The molecule has 0 nitrogen and oxygen atoms in total. The SMILES string of the molecule is BC(=C)c1ccccc1. The van der Waals surface area contributed by atoms with Gasteiger partial charge in [0.05, 0.1) is 0 Å². The number of hydrogen-bond acceptors (Lipinski definition) is 0. The highest BCUT2D eigenvalue weighted by molar-refractivity contribution is 6.41. The van der Waals surface area contributed by atoms with Crippen molar-refractivity contribution in [1.29, 1.82) is 0 Å². The van der Waals surface area contributed by atoms with Crippen LogP contribution in [0.5, 0.6) is 0 Å². The van der Waals surface area contributed by atoms with Crippen molar-refractivity contribution in [3.8, 4) is 0 Å². The molecule has 0 N–H and O–H groups in total. The van der Waals surface area contributed by atoms with Gasteiger partial charge in [0, 0.05) is 0 Å². The first-order valence-electron chi connectivity index (χ1n) is 3.01. The van der Waals surface area contributed by atoms with Gasteiger partial charge in [-0.1, -0.05) is 35.8 Å². The first kappa shape index (κ1) is 6.15. The molecule has 0 heterocycles. The Labute approximate surface area is 56.6 Å². The van der Waals surface area contributed by atoms with Crippen LogP contribution < -0.4 is 0 Å². The Kier molecular flexibility index (Phi) is 1.73. The highest BCUT2D eigenvalue weighted by Crippen LogP contribution is 2.05. The van der Waals surface area contributed by atoms with Gasteiger partial charge in [-0.05, 0) is 5.56 Å². The fourth-order valence-corrected chi connectivity index (χ4v) is 0.723. The quantitative estimate of drug-likeness (QED) is 0.485. The van der Waals surface area contributed by atoms with Crippen LogP contribution in [-0.2, 0) is 0 Å². The molecule has 0 bridgehead atoms. The molecule has 1 aromatic carbocycles. The highest BCUT2D eigenvalue weighted by Gasteiger charge is 1.86. The van der Waals surface area contributed by atoms with Crippen LogP contribution in [-0.4, -0.2) is 7.85 Å². The molecule has 0 saturated heterocycles. The summed E-state index contributed by atoms with van der Waals surface area (Å²) in [6, 6.07) is 10.2. The lowest BCUT2D eigenvalue weighted by Crippen LogP contribution is -1.77. The van der Waals surface area contributed by atoms with Gasteiger partial charge in [-0.15, -0.1) is 6.58 Å². The van der Waals surface area contributed by atoms with Gasteiger partial charge in [0.1, 0.15) is 7.85 Å². The van der Waals surface area contributed by atoms with Gasteiger partial charge in [0.25, 0.3) is 0 Å². The summed E-state index contributed by atoms with van der Waals surface area (Å²) in [6.45, 7) is 3.83. The van der Waals surface area contributed by atoms with Crippen LogP contribution in [0.1, 0.15) is 5.56 Å². The molecule has 1 heteroatoms. The van der Waals surface area contributed by atoms with Crippen LogP contribution >= 0.6 is 0 Å². The van der Waals surface area contributed by atoms with E-state index in [0.29, 0.717) is 0 Å². The molecule has 0 radical (unpaired) electrons. The second-order valence-electron chi connectivity index (χ2n) is 2.15. The summed E-state index contributed by atoms with van der Waals surface area (Å²) < 4.78 is 0. The van der Waals surface area contributed by atoms with Gasteiger partial charge < -0.3 is 0 Å². The van der Waals surface area contributed by atoms with Gasteiger partial charge in [-0.2, -0.15) is 0 Å². The van der Waals surface area contributed by atoms with E-state index in [4.69, 9.17) is 0 Å². The average Bonchev–Trinajstić information content (AvgIpc) is 1.90.